The van der Waals surface area contributed by atoms with E-state index in [2.05, 4.69) is 12.1 Å². The molecule has 0 spiro atoms. The Morgan fingerprint density at radius 1 is 1.11 bits per heavy atom. The van der Waals surface area contributed by atoms with Crippen LogP contribution in [0.25, 0.3) is 0 Å². The smallest absolute Gasteiger partial charge is 0.0624 e. The fourth-order valence-corrected chi connectivity index (χ4v) is 1.04. The minimum absolute atomic E-state index is 0.551. The number of rotatable bonds is 2. The summed E-state index contributed by atoms with van der Waals surface area (Å²) in [4.78, 5) is 0. The van der Waals surface area contributed by atoms with Crippen molar-refractivity contribution in [1.82, 2.24) is 0 Å². The Balaban J connectivity index is 2.13. The lowest BCUT2D eigenvalue weighted by atomic mass is 10.2. The second-order valence-corrected chi connectivity index (χ2v) is 2.48. The summed E-state index contributed by atoms with van der Waals surface area (Å²) in [5.74, 6) is 1.10. The van der Waals surface area contributed by atoms with E-state index in [9.17, 15) is 0 Å². The minimum Gasteiger partial charge on any atom is -0.198 e. The average molecular weight is 120 g/mol. The second-order valence-electron chi connectivity index (χ2n) is 2.48. The van der Waals surface area contributed by atoms with E-state index in [1.807, 2.05) is 0 Å². The minimum atomic E-state index is 0.551. The van der Waals surface area contributed by atoms with Crippen LogP contribution in [0.1, 0.15) is 19.3 Å². The third-order valence-corrected chi connectivity index (χ3v) is 1.78. The summed E-state index contributed by atoms with van der Waals surface area (Å²) in [5, 5.41) is 16.5. The van der Waals surface area contributed by atoms with Gasteiger partial charge >= 0.3 is 0 Å². The third-order valence-electron chi connectivity index (χ3n) is 1.78. The van der Waals surface area contributed by atoms with Gasteiger partial charge in [-0.05, 0) is 18.3 Å². The summed E-state index contributed by atoms with van der Waals surface area (Å²) in [6, 6.07) is 4.22. The van der Waals surface area contributed by atoms with Gasteiger partial charge in [0.15, 0.2) is 0 Å². The molecule has 0 aliphatic heterocycles. The Labute approximate surface area is 54.7 Å². The van der Waals surface area contributed by atoms with E-state index in [4.69, 9.17) is 10.5 Å². The van der Waals surface area contributed by atoms with Crippen LogP contribution in [-0.2, 0) is 0 Å². The fraction of sp³-hybridized carbons (Fsp3) is 0.714. The molecule has 0 heterocycles. The van der Waals surface area contributed by atoms with Crippen LogP contribution >= 0.6 is 0 Å². The zero-order chi connectivity index (χ0) is 6.69. The molecule has 0 N–H and O–H groups in total. The fourth-order valence-electron chi connectivity index (χ4n) is 1.04. The molecule has 2 heteroatoms. The van der Waals surface area contributed by atoms with Crippen molar-refractivity contribution in [2.75, 3.05) is 0 Å². The Hall–Kier alpha value is -1.02. The first-order valence-corrected chi connectivity index (χ1v) is 3.12. The summed E-state index contributed by atoms with van der Waals surface area (Å²) in [7, 11) is 0. The molecule has 0 amide bonds. The van der Waals surface area contributed by atoms with Gasteiger partial charge in [0, 0.05) is 12.8 Å². The molecule has 0 radical (unpaired) electrons. The van der Waals surface area contributed by atoms with Crippen LogP contribution in [0.15, 0.2) is 0 Å². The maximum atomic E-state index is 8.23. The highest BCUT2D eigenvalue weighted by atomic mass is 14.4. The van der Waals surface area contributed by atoms with Gasteiger partial charge in [-0.2, -0.15) is 10.5 Å². The van der Waals surface area contributed by atoms with Crippen molar-refractivity contribution in [2.45, 2.75) is 19.3 Å². The van der Waals surface area contributed by atoms with Crippen LogP contribution in [-0.4, -0.2) is 0 Å². The molecule has 0 aromatic heterocycles. The number of hydrogen-bond acceptors (Lipinski definition) is 2. The molecule has 1 rings (SSSR count). The molecule has 0 bridgehead atoms. The Bertz CT molecular complexity index is 152. The Morgan fingerprint density at radius 2 is 1.56 bits per heavy atom. The molecular weight excluding hydrogens is 112 g/mol. The van der Waals surface area contributed by atoms with Gasteiger partial charge in [-0.25, -0.2) is 0 Å². The van der Waals surface area contributed by atoms with E-state index in [0.29, 0.717) is 24.7 Å². The molecule has 1 aliphatic carbocycles. The summed E-state index contributed by atoms with van der Waals surface area (Å²) < 4.78 is 0. The first-order chi connectivity index (χ1) is 4.38. The Kier molecular flexibility index (Phi) is 1.70. The lowest BCUT2D eigenvalue weighted by Crippen LogP contribution is -1.77. The topological polar surface area (TPSA) is 47.6 Å². The number of nitrogens with zero attached hydrogens (tertiary/aromatic N) is 2. The van der Waals surface area contributed by atoms with Gasteiger partial charge in [-0.3, -0.25) is 0 Å². The molecule has 0 aromatic carbocycles. The van der Waals surface area contributed by atoms with E-state index >= 15 is 0 Å². The molecule has 1 aliphatic rings. The number of hydrogen-bond donors (Lipinski definition) is 0. The second kappa shape index (κ2) is 2.51. The predicted molar refractivity (Wildman–Crippen MR) is 32.1 cm³/mol. The summed E-state index contributed by atoms with van der Waals surface area (Å²) in [6.45, 7) is 0. The van der Waals surface area contributed by atoms with Crippen molar-refractivity contribution in [3.05, 3.63) is 0 Å². The predicted octanol–water partition coefficient (Wildman–Crippen LogP) is 1.45. The zero-order valence-corrected chi connectivity index (χ0v) is 5.17. The van der Waals surface area contributed by atoms with Crippen LogP contribution in [0.2, 0.25) is 0 Å². The molecular formula is C7H8N2. The molecule has 0 aromatic rings. The van der Waals surface area contributed by atoms with Gasteiger partial charge in [0.25, 0.3) is 0 Å². The van der Waals surface area contributed by atoms with Gasteiger partial charge in [-0.1, -0.05) is 0 Å². The summed E-state index contributed by atoms with van der Waals surface area (Å²) in [6.07, 6.45) is 2.39. The van der Waals surface area contributed by atoms with Crippen molar-refractivity contribution < 1.29 is 0 Å². The van der Waals surface area contributed by atoms with E-state index in [0.717, 1.165) is 6.42 Å². The molecule has 2 unspecified atom stereocenters. The van der Waals surface area contributed by atoms with Crippen molar-refractivity contribution in [2.24, 2.45) is 11.8 Å². The quantitative estimate of drug-likeness (QED) is 0.553. The maximum Gasteiger partial charge on any atom is 0.0624 e. The van der Waals surface area contributed by atoms with Crippen molar-refractivity contribution in [1.29, 1.82) is 10.5 Å². The average Bonchev–Trinajstić information content (AvgIpc) is 2.50. The molecule has 1 saturated carbocycles. The normalized spacial score (nSPS) is 30.4. The van der Waals surface area contributed by atoms with Gasteiger partial charge in [0.05, 0.1) is 12.1 Å². The van der Waals surface area contributed by atoms with E-state index in [-0.39, 0.29) is 0 Å². The highest BCUT2D eigenvalue weighted by Crippen LogP contribution is 2.42. The highest BCUT2D eigenvalue weighted by Gasteiger charge is 2.35. The van der Waals surface area contributed by atoms with Crippen LogP contribution < -0.4 is 0 Å². The zero-order valence-electron chi connectivity index (χ0n) is 5.17. The molecule has 9 heavy (non-hydrogen) atoms. The monoisotopic (exact) mass is 120 g/mol. The first-order valence-electron chi connectivity index (χ1n) is 3.12. The molecule has 46 valence electrons. The van der Waals surface area contributed by atoms with Crippen LogP contribution in [0.5, 0.6) is 0 Å². The van der Waals surface area contributed by atoms with Crippen LogP contribution in [0, 0.1) is 34.5 Å². The van der Waals surface area contributed by atoms with Crippen LogP contribution in [0.4, 0.5) is 0 Å². The third kappa shape index (κ3) is 1.44. The van der Waals surface area contributed by atoms with Gasteiger partial charge in [-0.15, -0.1) is 0 Å². The standard InChI is InChI=1S/C7H8N2/c8-3-1-6-5-7(6)2-4-9/h6-7H,1-2,5H2. The summed E-state index contributed by atoms with van der Waals surface area (Å²) in [5.41, 5.74) is 0. The van der Waals surface area contributed by atoms with Gasteiger partial charge in [0.1, 0.15) is 0 Å². The van der Waals surface area contributed by atoms with Gasteiger partial charge < -0.3 is 0 Å². The summed E-state index contributed by atoms with van der Waals surface area (Å²) >= 11 is 0. The molecule has 1 fully saturated rings. The van der Waals surface area contributed by atoms with Crippen molar-refractivity contribution in [3.63, 3.8) is 0 Å². The Morgan fingerprint density at radius 3 is 1.89 bits per heavy atom. The molecule has 2 atom stereocenters. The van der Waals surface area contributed by atoms with E-state index in [1.165, 1.54) is 0 Å². The van der Waals surface area contributed by atoms with Crippen molar-refractivity contribution in [3.8, 4) is 12.1 Å². The maximum absolute atomic E-state index is 8.23. The molecule has 0 saturated heterocycles. The van der Waals surface area contributed by atoms with Crippen molar-refractivity contribution >= 4 is 0 Å². The van der Waals surface area contributed by atoms with Gasteiger partial charge in [0.2, 0.25) is 0 Å². The SMILES string of the molecule is N#CCC1CC1CC#N. The first kappa shape index (κ1) is 6.11. The lowest BCUT2D eigenvalue weighted by Gasteiger charge is -1.82. The van der Waals surface area contributed by atoms with E-state index in [1.54, 1.807) is 0 Å². The molecule has 2 nitrogen and oxygen atoms in total. The van der Waals surface area contributed by atoms with E-state index < -0.39 is 0 Å². The lowest BCUT2D eigenvalue weighted by molar-refractivity contribution is 0.730. The van der Waals surface area contributed by atoms with Crippen LogP contribution in [0.3, 0.4) is 0 Å². The largest absolute Gasteiger partial charge is 0.198 e. The number of nitriles is 2. The highest BCUT2D eigenvalue weighted by molar-refractivity contribution is 4.96.